The monoisotopic (exact) mass is 329 g/mol. The zero-order chi connectivity index (χ0) is 17.3. The lowest BCUT2D eigenvalue weighted by Crippen LogP contribution is -2.53. The normalized spacial score (nSPS) is 18.9. The Balaban J connectivity index is 1.64. The third kappa shape index (κ3) is 3.13. The number of carbonyl (C=O) groups is 3. The molecule has 1 aliphatic carbocycles. The Morgan fingerprint density at radius 1 is 1.04 bits per heavy atom. The molecule has 6 nitrogen and oxygen atoms in total. The highest BCUT2D eigenvalue weighted by atomic mass is 16.2. The highest BCUT2D eigenvalue weighted by Gasteiger charge is 2.58. The van der Waals surface area contributed by atoms with E-state index in [0.29, 0.717) is 39.0 Å². The van der Waals surface area contributed by atoms with Crippen LogP contribution in [0.1, 0.15) is 25.3 Å². The lowest BCUT2D eigenvalue weighted by molar-refractivity contribution is -0.146. The molecule has 1 saturated heterocycles. The van der Waals surface area contributed by atoms with Crippen LogP contribution in [0, 0.1) is 12.3 Å². The van der Waals surface area contributed by atoms with Gasteiger partial charge in [0.05, 0.1) is 0 Å². The van der Waals surface area contributed by atoms with E-state index in [9.17, 15) is 14.4 Å². The van der Waals surface area contributed by atoms with E-state index < -0.39 is 5.41 Å². The van der Waals surface area contributed by atoms with Crippen molar-refractivity contribution in [3.8, 4) is 0 Å². The van der Waals surface area contributed by atoms with Gasteiger partial charge in [-0.1, -0.05) is 12.1 Å². The standard InChI is InChI=1S/C18H23N3O3/c1-13-4-3-5-15(12-13)19-16(23)18(6-7-18)17(24)21-10-8-20(9-11-21)14(2)22/h3-5,12H,6-11H2,1-2H3,(H,19,23). The quantitative estimate of drug-likeness (QED) is 0.852. The van der Waals surface area contributed by atoms with E-state index >= 15 is 0 Å². The number of anilines is 1. The molecule has 0 atom stereocenters. The lowest BCUT2D eigenvalue weighted by atomic mass is 10.0. The van der Waals surface area contributed by atoms with E-state index in [1.807, 2.05) is 31.2 Å². The number of benzene rings is 1. The van der Waals surface area contributed by atoms with Gasteiger partial charge in [-0.2, -0.15) is 0 Å². The lowest BCUT2D eigenvalue weighted by Gasteiger charge is -2.35. The topological polar surface area (TPSA) is 69.7 Å². The molecule has 1 saturated carbocycles. The van der Waals surface area contributed by atoms with E-state index in [1.54, 1.807) is 9.80 Å². The summed E-state index contributed by atoms with van der Waals surface area (Å²) in [5.74, 6) is -0.289. The van der Waals surface area contributed by atoms with E-state index in [1.165, 1.54) is 6.92 Å². The molecule has 3 amide bonds. The number of amides is 3. The first kappa shape index (κ1) is 16.5. The molecule has 1 aromatic carbocycles. The van der Waals surface area contributed by atoms with Crippen LogP contribution in [0.2, 0.25) is 0 Å². The highest BCUT2D eigenvalue weighted by Crippen LogP contribution is 2.48. The predicted octanol–water partition coefficient (Wildman–Crippen LogP) is 1.40. The Morgan fingerprint density at radius 3 is 2.21 bits per heavy atom. The number of nitrogens with one attached hydrogen (secondary N) is 1. The van der Waals surface area contributed by atoms with Crippen LogP contribution in [-0.2, 0) is 14.4 Å². The first-order valence-corrected chi connectivity index (χ1v) is 8.35. The third-order valence-electron chi connectivity index (χ3n) is 4.88. The van der Waals surface area contributed by atoms with Gasteiger partial charge in [-0.25, -0.2) is 0 Å². The first-order valence-electron chi connectivity index (χ1n) is 8.35. The van der Waals surface area contributed by atoms with Gasteiger partial charge >= 0.3 is 0 Å². The number of rotatable bonds is 3. The minimum Gasteiger partial charge on any atom is -0.339 e. The summed E-state index contributed by atoms with van der Waals surface area (Å²) in [5, 5.41) is 2.88. The summed E-state index contributed by atoms with van der Waals surface area (Å²) in [4.78, 5) is 40.3. The van der Waals surface area contributed by atoms with Crippen molar-refractivity contribution >= 4 is 23.4 Å². The van der Waals surface area contributed by atoms with Crippen LogP contribution in [-0.4, -0.2) is 53.7 Å². The average Bonchev–Trinajstić information content (AvgIpc) is 3.36. The summed E-state index contributed by atoms with van der Waals surface area (Å²) >= 11 is 0. The number of hydrogen-bond donors (Lipinski definition) is 1. The fourth-order valence-corrected chi connectivity index (χ4v) is 3.16. The summed E-state index contributed by atoms with van der Waals surface area (Å²) < 4.78 is 0. The van der Waals surface area contributed by atoms with Crippen molar-refractivity contribution in [3.63, 3.8) is 0 Å². The molecule has 6 heteroatoms. The molecule has 2 fully saturated rings. The fraction of sp³-hybridized carbons (Fsp3) is 0.500. The van der Waals surface area contributed by atoms with E-state index in [4.69, 9.17) is 0 Å². The number of carbonyl (C=O) groups excluding carboxylic acids is 3. The molecular weight excluding hydrogens is 306 g/mol. The Labute approximate surface area is 141 Å². The zero-order valence-electron chi connectivity index (χ0n) is 14.2. The van der Waals surface area contributed by atoms with Crippen molar-refractivity contribution < 1.29 is 14.4 Å². The molecule has 0 bridgehead atoms. The Hall–Kier alpha value is -2.37. The largest absolute Gasteiger partial charge is 0.339 e. The summed E-state index contributed by atoms with van der Waals surface area (Å²) in [7, 11) is 0. The van der Waals surface area contributed by atoms with Gasteiger partial charge in [0.15, 0.2) is 0 Å². The maximum Gasteiger partial charge on any atom is 0.240 e. The number of piperazine rings is 1. The van der Waals surface area contributed by atoms with Crippen LogP contribution in [0.25, 0.3) is 0 Å². The smallest absolute Gasteiger partial charge is 0.240 e. The Morgan fingerprint density at radius 2 is 1.67 bits per heavy atom. The molecule has 0 unspecified atom stereocenters. The zero-order valence-corrected chi connectivity index (χ0v) is 14.2. The van der Waals surface area contributed by atoms with Crippen LogP contribution in [0.4, 0.5) is 5.69 Å². The van der Waals surface area contributed by atoms with Gasteiger partial charge in [-0.05, 0) is 37.5 Å². The highest BCUT2D eigenvalue weighted by molar-refractivity contribution is 6.13. The Bertz CT molecular complexity index is 674. The second-order valence-electron chi connectivity index (χ2n) is 6.70. The molecule has 1 aliphatic heterocycles. The van der Waals surface area contributed by atoms with Gasteiger partial charge in [-0.15, -0.1) is 0 Å². The second kappa shape index (κ2) is 6.26. The predicted molar refractivity (Wildman–Crippen MR) is 90.3 cm³/mol. The van der Waals surface area contributed by atoms with Crippen LogP contribution >= 0.6 is 0 Å². The van der Waals surface area contributed by atoms with Crippen molar-refractivity contribution in [2.75, 3.05) is 31.5 Å². The summed E-state index contributed by atoms with van der Waals surface area (Å²) in [5.41, 5.74) is 0.868. The number of aryl methyl sites for hydroxylation is 1. The van der Waals surface area contributed by atoms with E-state index in [0.717, 1.165) is 11.3 Å². The van der Waals surface area contributed by atoms with Gasteiger partial charge in [0.1, 0.15) is 5.41 Å². The van der Waals surface area contributed by atoms with E-state index in [2.05, 4.69) is 5.32 Å². The van der Waals surface area contributed by atoms with Gasteiger partial charge in [0, 0.05) is 38.8 Å². The van der Waals surface area contributed by atoms with Gasteiger partial charge < -0.3 is 15.1 Å². The maximum absolute atomic E-state index is 12.8. The molecule has 1 aromatic rings. The molecule has 1 heterocycles. The summed E-state index contributed by atoms with van der Waals surface area (Å²) in [6.45, 7) is 5.57. The minimum atomic E-state index is -0.915. The molecule has 1 N–H and O–H groups in total. The van der Waals surface area contributed by atoms with E-state index in [-0.39, 0.29) is 17.7 Å². The maximum atomic E-state index is 12.8. The van der Waals surface area contributed by atoms with Gasteiger partial charge in [0.2, 0.25) is 17.7 Å². The summed E-state index contributed by atoms with van der Waals surface area (Å²) in [6, 6.07) is 7.57. The van der Waals surface area contributed by atoms with Crippen LogP contribution < -0.4 is 5.32 Å². The van der Waals surface area contributed by atoms with Crippen molar-refractivity contribution in [1.29, 1.82) is 0 Å². The number of hydrogen-bond acceptors (Lipinski definition) is 3. The molecule has 24 heavy (non-hydrogen) atoms. The average molecular weight is 329 g/mol. The second-order valence-corrected chi connectivity index (χ2v) is 6.70. The first-order chi connectivity index (χ1) is 11.4. The summed E-state index contributed by atoms with van der Waals surface area (Å²) in [6.07, 6.45) is 1.19. The van der Waals surface area contributed by atoms with Crippen molar-refractivity contribution in [1.82, 2.24) is 9.80 Å². The molecule has 0 radical (unpaired) electrons. The van der Waals surface area contributed by atoms with Crippen molar-refractivity contribution in [2.24, 2.45) is 5.41 Å². The number of nitrogens with zero attached hydrogens (tertiary/aromatic N) is 2. The SMILES string of the molecule is CC(=O)N1CCN(C(=O)C2(C(=O)Nc3cccc(C)c3)CC2)CC1. The van der Waals surface area contributed by atoms with Gasteiger partial charge in [0.25, 0.3) is 0 Å². The molecule has 3 rings (SSSR count). The molecule has 128 valence electrons. The van der Waals surface area contributed by atoms with Crippen LogP contribution in [0.15, 0.2) is 24.3 Å². The Kier molecular flexibility index (Phi) is 4.30. The molecule has 0 aromatic heterocycles. The van der Waals surface area contributed by atoms with Crippen LogP contribution in [0.3, 0.4) is 0 Å². The molecule has 2 aliphatic rings. The molecular formula is C18H23N3O3. The minimum absolute atomic E-state index is 0.0282. The van der Waals surface area contributed by atoms with Gasteiger partial charge in [-0.3, -0.25) is 14.4 Å². The van der Waals surface area contributed by atoms with Crippen molar-refractivity contribution in [2.45, 2.75) is 26.7 Å². The third-order valence-corrected chi connectivity index (χ3v) is 4.88. The van der Waals surface area contributed by atoms with Crippen molar-refractivity contribution in [3.05, 3.63) is 29.8 Å². The fourth-order valence-electron chi connectivity index (χ4n) is 3.16. The van der Waals surface area contributed by atoms with Crippen LogP contribution in [0.5, 0.6) is 0 Å². The molecule has 0 spiro atoms.